The van der Waals surface area contributed by atoms with E-state index in [2.05, 4.69) is 26.1 Å². The van der Waals surface area contributed by atoms with Crippen molar-refractivity contribution in [3.05, 3.63) is 0 Å². The van der Waals surface area contributed by atoms with E-state index in [9.17, 15) is 0 Å². The zero-order valence-electron chi connectivity index (χ0n) is 9.51. The molecule has 2 N–H and O–H groups in total. The third-order valence-corrected chi connectivity index (χ3v) is 2.78. The molecule has 0 aliphatic heterocycles. The molecule has 0 saturated heterocycles. The lowest BCUT2D eigenvalue weighted by Crippen LogP contribution is -2.34. The molecular weight excluding hydrogens is 162 g/mol. The number of aliphatic hydroxyl groups excluding tert-OH is 1. The molecule has 0 aromatic carbocycles. The second kappa shape index (κ2) is 7.34. The molecule has 0 heterocycles. The van der Waals surface area contributed by atoms with Crippen LogP contribution < -0.4 is 5.32 Å². The second-order valence-corrected chi connectivity index (χ2v) is 3.96. The molecule has 2 unspecified atom stereocenters. The Morgan fingerprint density at radius 2 is 1.69 bits per heavy atom. The first-order valence-corrected chi connectivity index (χ1v) is 5.53. The van der Waals surface area contributed by atoms with E-state index < -0.39 is 0 Å². The van der Waals surface area contributed by atoms with Gasteiger partial charge in [0.2, 0.25) is 0 Å². The fourth-order valence-electron chi connectivity index (χ4n) is 1.68. The van der Waals surface area contributed by atoms with E-state index in [1.165, 1.54) is 12.8 Å². The van der Waals surface area contributed by atoms with Crippen molar-refractivity contribution in [2.45, 2.75) is 59.1 Å². The quantitative estimate of drug-likeness (QED) is 0.640. The third kappa shape index (κ3) is 6.05. The Bertz CT molecular complexity index is 111. The van der Waals surface area contributed by atoms with E-state index in [0.717, 1.165) is 18.9 Å². The minimum Gasteiger partial charge on any atom is -0.393 e. The molecule has 0 fully saturated rings. The molecule has 0 amide bonds. The highest BCUT2D eigenvalue weighted by Gasteiger charge is 2.12. The lowest BCUT2D eigenvalue weighted by Gasteiger charge is -2.22. The molecule has 0 aromatic rings. The lowest BCUT2D eigenvalue weighted by atomic mass is 9.95. The van der Waals surface area contributed by atoms with Gasteiger partial charge in [0.05, 0.1) is 6.10 Å². The van der Waals surface area contributed by atoms with Crippen LogP contribution in [0.4, 0.5) is 0 Å². The lowest BCUT2D eigenvalue weighted by molar-refractivity contribution is 0.180. The molecule has 2 heteroatoms. The first-order valence-electron chi connectivity index (χ1n) is 5.53. The molecule has 0 saturated carbocycles. The number of hydrogen-bond acceptors (Lipinski definition) is 2. The summed E-state index contributed by atoms with van der Waals surface area (Å²) in [6.07, 6.45) is 3.14. The van der Waals surface area contributed by atoms with Crippen LogP contribution >= 0.6 is 0 Å². The summed E-state index contributed by atoms with van der Waals surface area (Å²) in [5.41, 5.74) is 0. The summed E-state index contributed by atoms with van der Waals surface area (Å²) in [5, 5.41) is 12.5. The number of hydrogen-bond donors (Lipinski definition) is 2. The number of nitrogens with one attached hydrogen (secondary N) is 1. The van der Waals surface area contributed by atoms with Crippen molar-refractivity contribution in [1.82, 2.24) is 5.32 Å². The fourth-order valence-corrected chi connectivity index (χ4v) is 1.68. The highest BCUT2D eigenvalue weighted by molar-refractivity contribution is 4.70. The predicted molar refractivity (Wildman–Crippen MR) is 57.8 cm³/mol. The summed E-state index contributed by atoms with van der Waals surface area (Å²) >= 11 is 0. The predicted octanol–water partition coefficient (Wildman–Crippen LogP) is 2.17. The monoisotopic (exact) mass is 187 g/mol. The average Bonchev–Trinajstić information content (AvgIpc) is 2.05. The Morgan fingerprint density at radius 3 is 2.08 bits per heavy atom. The van der Waals surface area contributed by atoms with Crippen molar-refractivity contribution in [3.8, 4) is 0 Å². The van der Waals surface area contributed by atoms with Crippen molar-refractivity contribution in [1.29, 1.82) is 0 Å². The molecular formula is C11H25NO. The van der Waals surface area contributed by atoms with Gasteiger partial charge in [-0.25, -0.2) is 0 Å². The first kappa shape index (κ1) is 12.9. The Balaban J connectivity index is 3.53. The van der Waals surface area contributed by atoms with Gasteiger partial charge in [-0.15, -0.1) is 0 Å². The summed E-state index contributed by atoms with van der Waals surface area (Å²) < 4.78 is 0. The van der Waals surface area contributed by atoms with Crippen LogP contribution in [0.1, 0.15) is 47.0 Å². The van der Waals surface area contributed by atoms with E-state index in [-0.39, 0.29) is 6.10 Å². The summed E-state index contributed by atoms with van der Waals surface area (Å²) in [4.78, 5) is 0. The van der Waals surface area contributed by atoms with Gasteiger partial charge in [0.1, 0.15) is 0 Å². The van der Waals surface area contributed by atoms with Crippen LogP contribution in [0.2, 0.25) is 0 Å². The van der Waals surface area contributed by atoms with Crippen LogP contribution in [0.25, 0.3) is 0 Å². The minimum atomic E-state index is -0.179. The maximum atomic E-state index is 9.08. The molecule has 2 atom stereocenters. The molecule has 0 bridgehead atoms. The van der Waals surface area contributed by atoms with E-state index in [4.69, 9.17) is 5.11 Å². The summed E-state index contributed by atoms with van der Waals surface area (Å²) in [7, 11) is 0. The standard InChI is InChI=1S/C11H25NO/c1-5-11(6-2)10(4)12-8-7-9(3)13/h9-13H,5-8H2,1-4H3. The highest BCUT2D eigenvalue weighted by atomic mass is 16.3. The normalized spacial score (nSPS) is 16.2. The molecule has 0 aliphatic carbocycles. The maximum absolute atomic E-state index is 9.08. The number of rotatable bonds is 7. The Hall–Kier alpha value is -0.0800. The van der Waals surface area contributed by atoms with Gasteiger partial charge in [-0.3, -0.25) is 0 Å². The molecule has 0 spiro atoms. The van der Waals surface area contributed by atoms with Crippen LogP contribution in [-0.4, -0.2) is 23.8 Å². The van der Waals surface area contributed by atoms with Crippen molar-refractivity contribution in [2.75, 3.05) is 6.54 Å². The molecule has 0 aliphatic rings. The first-order chi connectivity index (χ1) is 6.11. The Morgan fingerprint density at radius 1 is 1.15 bits per heavy atom. The summed E-state index contributed by atoms with van der Waals surface area (Å²) in [5.74, 6) is 0.772. The van der Waals surface area contributed by atoms with Crippen molar-refractivity contribution >= 4 is 0 Å². The van der Waals surface area contributed by atoms with Gasteiger partial charge in [0.25, 0.3) is 0 Å². The average molecular weight is 187 g/mol. The van der Waals surface area contributed by atoms with Gasteiger partial charge < -0.3 is 10.4 Å². The zero-order valence-corrected chi connectivity index (χ0v) is 9.51. The molecule has 0 radical (unpaired) electrons. The van der Waals surface area contributed by atoms with E-state index in [0.29, 0.717) is 6.04 Å². The van der Waals surface area contributed by atoms with Crippen LogP contribution in [0, 0.1) is 5.92 Å². The Labute approximate surface area is 82.7 Å². The molecule has 0 rings (SSSR count). The minimum absolute atomic E-state index is 0.179. The SMILES string of the molecule is CCC(CC)C(C)NCCC(C)O. The van der Waals surface area contributed by atoms with Gasteiger partial charge in [-0.05, 0) is 32.7 Å². The van der Waals surface area contributed by atoms with Gasteiger partial charge >= 0.3 is 0 Å². The number of aliphatic hydroxyl groups is 1. The van der Waals surface area contributed by atoms with Crippen LogP contribution in [0.5, 0.6) is 0 Å². The van der Waals surface area contributed by atoms with Crippen LogP contribution in [0.3, 0.4) is 0 Å². The molecule has 13 heavy (non-hydrogen) atoms. The highest BCUT2D eigenvalue weighted by Crippen LogP contribution is 2.12. The summed E-state index contributed by atoms with van der Waals surface area (Å²) in [6, 6.07) is 0.578. The zero-order chi connectivity index (χ0) is 10.3. The van der Waals surface area contributed by atoms with Crippen molar-refractivity contribution in [2.24, 2.45) is 5.92 Å². The van der Waals surface area contributed by atoms with Gasteiger partial charge in [-0.2, -0.15) is 0 Å². The van der Waals surface area contributed by atoms with E-state index >= 15 is 0 Å². The van der Waals surface area contributed by atoms with Crippen molar-refractivity contribution < 1.29 is 5.11 Å². The Kier molecular flexibility index (Phi) is 7.29. The van der Waals surface area contributed by atoms with Gasteiger partial charge in [0, 0.05) is 6.04 Å². The third-order valence-electron chi connectivity index (χ3n) is 2.78. The van der Waals surface area contributed by atoms with E-state index in [1.54, 1.807) is 0 Å². The summed E-state index contributed by atoms with van der Waals surface area (Å²) in [6.45, 7) is 9.47. The second-order valence-electron chi connectivity index (χ2n) is 3.96. The van der Waals surface area contributed by atoms with Crippen molar-refractivity contribution in [3.63, 3.8) is 0 Å². The molecule has 80 valence electrons. The maximum Gasteiger partial charge on any atom is 0.0524 e. The van der Waals surface area contributed by atoms with E-state index in [1.807, 2.05) is 6.92 Å². The topological polar surface area (TPSA) is 32.3 Å². The largest absolute Gasteiger partial charge is 0.393 e. The van der Waals surface area contributed by atoms with Crippen LogP contribution in [0.15, 0.2) is 0 Å². The molecule has 0 aromatic heterocycles. The van der Waals surface area contributed by atoms with Gasteiger partial charge in [0.15, 0.2) is 0 Å². The smallest absolute Gasteiger partial charge is 0.0524 e. The molecule has 2 nitrogen and oxygen atoms in total. The van der Waals surface area contributed by atoms with Gasteiger partial charge in [-0.1, -0.05) is 26.7 Å². The fraction of sp³-hybridized carbons (Fsp3) is 1.00. The van der Waals surface area contributed by atoms with Crippen LogP contribution in [-0.2, 0) is 0 Å².